The summed E-state index contributed by atoms with van der Waals surface area (Å²) in [6.45, 7) is 12.5. The number of ketones is 1. The molecule has 1 aromatic rings. The molecule has 3 rings (SSSR count). The van der Waals surface area contributed by atoms with Crippen LogP contribution in [0.4, 0.5) is 4.79 Å². The molecule has 0 saturated carbocycles. The van der Waals surface area contributed by atoms with Gasteiger partial charge in [-0.05, 0) is 46.0 Å². The summed E-state index contributed by atoms with van der Waals surface area (Å²) in [4.78, 5) is 41.4. The second-order valence-corrected chi connectivity index (χ2v) is 10.4. The van der Waals surface area contributed by atoms with E-state index < -0.39 is 5.60 Å². The number of fused-ring (bicyclic) bond motifs is 1. The van der Waals surface area contributed by atoms with Crippen molar-refractivity contribution in [3.63, 3.8) is 0 Å². The lowest BCUT2D eigenvalue weighted by atomic mass is 9.76. The number of hydrogen-bond acceptors (Lipinski definition) is 5. The van der Waals surface area contributed by atoms with Crippen LogP contribution in [0.5, 0.6) is 0 Å². The summed E-state index contributed by atoms with van der Waals surface area (Å²) in [7, 11) is 1.74. The summed E-state index contributed by atoms with van der Waals surface area (Å²) >= 11 is 0. The second-order valence-electron chi connectivity index (χ2n) is 10.4. The van der Waals surface area contributed by atoms with Crippen molar-refractivity contribution in [2.24, 2.45) is 5.41 Å². The summed E-state index contributed by atoms with van der Waals surface area (Å²) < 4.78 is 11.4. The van der Waals surface area contributed by atoms with Gasteiger partial charge in [0.25, 0.3) is 5.91 Å². The van der Waals surface area contributed by atoms with Crippen molar-refractivity contribution in [1.82, 2.24) is 9.80 Å². The van der Waals surface area contributed by atoms with Crippen molar-refractivity contribution in [1.29, 1.82) is 0 Å². The van der Waals surface area contributed by atoms with Crippen molar-refractivity contribution in [2.45, 2.75) is 78.9 Å². The van der Waals surface area contributed by atoms with E-state index in [1.54, 1.807) is 23.8 Å². The molecule has 0 atom stereocenters. The van der Waals surface area contributed by atoms with Crippen molar-refractivity contribution in [2.75, 3.05) is 20.1 Å². The standard InChI is InChI=1S/C23H34N2O5/c1-14-18-16(26)12-23(5,6)13-17(18)29-19(14)20(27)25-10-8-15(9-11-25)24(7)21(28)30-22(2,3)4/h15H,8-13H2,1-7H3. The van der Waals surface area contributed by atoms with Crippen LogP contribution in [0.25, 0.3) is 0 Å². The molecule has 1 saturated heterocycles. The summed E-state index contributed by atoms with van der Waals surface area (Å²) in [5.41, 5.74) is 0.559. The molecular formula is C23H34N2O5. The molecule has 2 aliphatic rings. The van der Waals surface area contributed by atoms with E-state index >= 15 is 0 Å². The lowest BCUT2D eigenvalue weighted by Crippen LogP contribution is -2.48. The molecule has 2 amide bonds. The SMILES string of the molecule is Cc1c(C(=O)N2CCC(N(C)C(=O)OC(C)(C)C)CC2)oc2c1C(=O)CC(C)(C)C2. The highest BCUT2D eigenvalue weighted by Gasteiger charge is 2.38. The van der Waals surface area contributed by atoms with Crippen LogP contribution in [-0.4, -0.2) is 59.4 Å². The number of Topliss-reactive ketones (excluding diaryl/α,β-unsaturated/α-hetero) is 1. The first-order chi connectivity index (χ1) is 13.8. The van der Waals surface area contributed by atoms with E-state index in [1.165, 1.54) is 0 Å². The largest absolute Gasteiger partial charge is 0.455 e. The zero-order valence-electron chi connectivity index (χ0n) is 19.3. The Labute approximate surface area is 178 Å². The maximum Gasteiger partial charge on any atom is 0.410 e. The van der Waals surface area contributed by atoms with Crippen LogP contribution in [0.1, 0.15) is 86.1 Å². The Kier molecular flexibility index (Phi) is 5.78. The zero-order chi connectivity index (χ0) is 22.4. The van der Waals surface area contributed by atoms with Crippen LogP contribution >= 0.6 is 0 Å². The highest BCUT2D eigenvalue weighted by molar-refractivity contribution is 6.03. The van der Waals surface area contributed by atoms with Crippen LogP contribution < -0.4 is 0 Å². The Morgan fingerprint density at radius 2 is 1.77 bits per heavy atom. The molecule has 0 bridgehead atoms. The Morgan fingerprint density at radius 1 is 1.17 bits per heavy atom. The van der Waals surface area contributed by atoms with Crippen LogP contribution in [-0.2, 0) is 11.2 Å². The molecule has 0 aromatic carbocycles. The minimum absolute atomic E-state index is 0.0252. The van der Waals surface area contributed by atoms with Crippen molar-refractivity contribution < 1.29 is 23.5 Å². The summed E-state index contributed by atoms with van der Waals surface area (Å²) in [5.74, 6) is 0.798. The molecule has 2 heterocycles. The van der Waals surface area contributed by atoms with E-state index in [0.717, 1.165) is 0 Å². The van der Waals surface area contributed by atoms with E-state index in [-0.39, 0.29) is 35.0 Å². The molecule has 30 heavy (non-hydrogen) atoms. The van der Waals surface area contributed by atoms with Gasteiger partial charge in [0.05, 0.1) is 5.56 Å². The first-order valence-corrected chi connectivity index (χ1v) is 10.7. The van der Waals surface area contributed by atoms with E-state index in [1.807, 2.05) is 34.6 Å². The van der Waals surface area contributed by atoms with Gasteiger partial charge in [-0.1, -0.05) is 13.8 Å². The fourth-order valence-corrected chi connectivity index (χ4v) is 4.37. The Bertz CT molecular complexity index is 854. The van der Waals surface area contributed by atoms with Crippen LogP contribution in [0.3, 0.4) is 0 Å². The molecule has 7 heteroatoms. The Hall–Kier alpha value is -2.31. The normalized spacial score (nSPS) is 19.4. The average molecular weight is 419 g/mol. The van der Waals surface area contributed by atoms with E-state index in [4.69, 9.17) is 9.15 Å². The molecule has 0 N–H and O–H groups in total. The number of nitrogens with zero attached hydrogens (tertiary/aromatic N) is 2. The predicted molar refractivity (Wildman–Crippen MR) is 113 cm³/mol. The van der Waals surface area contributed by atoms with Gasteiger partial charge in [0, 0.05) is 44.6 Å². The van der Waals surface area contributed by atoms with Gasteiger partial charge in [0.15, 0.2) is 11.5 Å². The Morgan fingerprint density at radius 3 is 2.33 bits per heavy atom. The van der Waals surface area contributed by atoms with Gasteiger partial charge in [0.2, 0.25) is 0 Å². The number of amides is 2. The Balaban J connectivity index is 1.67. The van der Waals surface area contributed by atoms with Gasteiger partial charge in [-0.25, -0.2) is 4.79 Å². The molecule has 7 nitrogen and oxygen atoms in total. The third-order valence-corrected chi connectivity index (χ3v) is 5.95. The number of likely N-dealkylation sites (tertiary alicyclic amines) is 1. The molecule has 1 aromatic heterocycles. The number of furan rings is 1. The molecule has 1 aliphatic heterocycles. The summed E-state index contributed by atoms with van der Waals surface area (Å²) in [6, 6.07) is 0.0252. The number of carbonyl (C=O) groups is 3. The van der Waals surface area contributed by atoms with E-state index in [9.17, 15) is 14.4 Å². The van der Waals surface area contributed by atoms with Gasteiger partial charge < -0.3 is 19.0 Å². The maximum absolute atomic E-state index is 13.1. The monoisotopic (exact) mass is 418 g/mol. The molecule has 1 aliphatic carbocycles. The first-order valence-electron chi connectivity index (χ1n) is 10.7. The number of ether oxygens (including phenoxy) is 1. The smallest absolute Gasteiger partial charge is 0.410 e. The summed E-state index contributed by atoms with van der Waals surface area (Å²) in [6.07, 6.45) is 2.13. The van der Waals surface area contributed by atoms with Crippen molar-refractivity contribution in [3.05, 3.63) is 22.6 Å². The third kappa shape index (κ3) is 4.55. The van der Waals surface area contributed by atoms with E-state index in [0.29, 0.717) is 55.7 Å². The number of carbonyl (C=O) groups excluding carboxylic acids is 3. The third-order valence-electron chi connectivity index (χ3n) is 5.95. The lowest BCUT2D eigenvalue weighted by molar-refractivity contribution is 0.0153. The van der Waals surface area contributed by atoms with Gasteiger partial charge in [0.1, 0.15) is 11.4 Å². The highest BCUT2D eigenvalue weighted by atomic mass is 16.6. The van der Waals surface area contributed by atoms with Crippen LogP contribution in [0.2, 0.25) is 0 Å². The lowest BCUT2D eigenvalue weighted by Gasteiger charge is -2.37. The minimum atomic E-state index is -0.538. The molecule has 166 valence electrons. The van der Waals surface area contributed by atoms with E-state index in [2.05, 4.69) is 0 Å². The first kappa shape index (κ1) is 22.4. The van der Waals surface area contributed by atoms with Crippen LogP contribution in [0, 0.1) is 12.3 Å². The molecular weight excluding hydrogens is 384 g/mol. The van der Waals surface area contributed by atoms with Crippen LogP contribution in [0.15, 0.2) is 4.42 Å². The average Bonchev–Trinajstić information content (AvgIpc) is 2.94. The van der Waals surface area contributed by atoms with Crippen molar-refractivity contribution >= 4 is 17.8 Å². The number of rotatable bonds is 2. The molecule has 0 unspecified atom stereocenters. The van der Waals surface area contributed by atoms with Gasteiger partial charge in [-0.2, -0.15) is 0 Å². The van der Waals surface area contributed by atoms with Crippen molar-refractivity contribution in [3.8, 4) is 0 Å². The van der Waals surface area contributed by atoms with Gasteiger partial charge in [-0.15, -0.1) is 0 Å². The van der Waals surface area contributed by atoms with Gasteiger partial charge >= 0.3 is 6.09 Å². The minimum Gasteiger partial charge on any atom is -0.455 e. The predicted octanol–water partition coefficient (Wildman–Crippen LogP) is 4.21. The topological polar surface area (TPSA) is 80.1 Å². The summed E-state index contributed by atoms with van der Waals surface area (Å²) in [5, 5.41) is 0. The second kappa shape index (κ2) is 7.75. The number of hydrogen-bond donors (Lipinski definition) is 0. The highest BCUT2D eigenvalue weighted by Crippen LogP contribution is 2.38. The fraction of sp³-hybridized carbons (Fsp3) is 0.696. The maximum atomic E-state index is 13.1. The molecule has 0 spiro atoms. The zero-order valence-corrected chi connectivity index (χ0v) is 19.3. The molecule has 1 fully saturated rings. The molecule has 0 radical (unpaired) electrons. The van der Waals surface area contributed by atoms with Gasteiger partial charge in [-0.3, -0.25) is 9.59 Å². The quantitative estimate of drug-likeness (QED) is 0.719. The number of piperidine rings is 1. The fourth-order valence-electron chi connectivity index (χ4n) is 4.37.